The molecular weight excluding hydrogens is 452 g/mol. The Morgan fingerprint density at radius 1 is 1.03 bits per heavy atom. The largest absolute Gasteiger partial charge is 0.326 e. The van der Waals surface area contributed by atoms with Crippen LogP contribution in [0.5, 0.6) is 0 Å². The lowest BCUT2D eigenvalue weighted by atomic mass is 9.89. The second-order valence-electron chi connectivity index (χ2n) is 8.48. The minimum atomic E-state index is -3.89. The Labute approximate surface area is 199 Å². The minimum Gasteiger partial charge on any atom is -0.326 e. The van der Waals surface area contributed by atoms with Gasteiger partial charge in [-0.05, 0) is 81.0 Å². The van der Waals surface area contributed by atoms with Crippen LogP contribution >= 0.6 is 0 Å². The highest BCUT2D eigenvalue weighted by molar-refractivity contribution is 7.92. The lowest BCUT2D eigenvalue weighted by molar-refractivity contribution is -0.114. The van der Waals surface area contributed by atoms with Crippen molar-refractivity contribution in [2.24, 2.45) is 0 Å². The number of carbonyl (C=O) groups excluding carboxylic acids is 1. The van der Waals surface area contributed by atoms with Crippen molar-refractivity contribution in [2.45, 2.75) is 57.9 Å². The maximum Gasteiger partial charge on any atom is 0.270 e. The van der Waals surface area contributed by atoms with Gasteiger partial charge in [0.1, 0.15) is 0 Å². The zero-order valence-electron chi connectivity index (χ0n) is 19.5. The number of hydrogen-bond donors (Lipinski definition) is 2. The number of fused-ring (bicyclic) bond motifs is 1. The van der Waals surface area contributed by atoms with E-state index in [0.29, 0.717) is 34.7 Å². The zero-order valence-corrected chi connectivity index (χ0v) is 20.3. The summed E-state index contributed by atoms with van der Waals surface area (Å²) in [7, 11) is -3.89. The number of benzene rings is 2. The molecule has 4 rings (SSSR count). The molecule has 1 amide bonds. The van der Waals surface area contributed by atoms with Crippen LogP contribution in [0.2, 0.25) is 0 Å². The molecule has 0 radical (unpaired) electrons. The molecule has 1 aliphatic carbocycles. The second-order valence-corrected chi connectivity index (χ2v) is 10.1. The molecule has 0 saturated carbocycles. The van der Waals surface area contributed by atoms with Gasteiger partial charge in [-0.25, -0.2) is 13.1 Å². The number of nitrogens with zero attached hydrogens (tertiary/aromatic N) is 2. The highest BCUT2D eigenvalue weighted by Gasteiger charge is 2.23. The molecule has 0 atom stereocenters. The molecule has 0 saturated heterocycles. The Morgan fingerprint density at radius 3 is 2.32 bits per heavy atom. The van der Waals surface area contributed by atoms with Crippen molar-refractivity contribution >= 4 is 27.3 Å². The molecule has 8 nitrogen and oxygen atoms in total. The summed E-state index contributed by atoms with van der Waals surface area (Å²) in [6.07, 6.45) is 3.42. The fraction of sp³-hybridized carbons (Fsp3) is 0.320. The average Bonchev–Trinajstić information content (AvgIpc) is 2.81. The normalized spacial score (nSPS) is 13.3. The first-order valence-electron chi connectivity index (χ1n) is 11.3. The molecule has 1 aromatic heterocycles. The van der Waals surface area contributed by atoms with Crippen LogP contribution in [-0.4, -0.2) is 24.1 Å². The van der Waals surface area contributed by atoms with Gasteiger partial charge in [-0.15, -0.1) is 0 Å². The predicted octanol–water partition coefficient (Wildman–Crippen LogP) is 3.88. The number of hydrogen-bond acceptors (Lipinski definition) is 5. The summed E-state index contributed by atoms with van der Waals surface area (Å²) in [5.41, 5.74) is 4.58. The van der Waals surface area contributed by atoms with Gasteiger partial charge in [-0.2, -0.15) is 5.10 Å². The third-order valence-electron chi connectivity index (χ3n) is 5.98. The van der Waals surface area contributed by atoms with Gasteiger partial charge in [0.15, 0.2) is 0 Å². The molecule has 0 bridgehead atoms. The maximum absolute atomic E-state index is 13.3. The number of rotatable bonds is 6. The van der Waals surface area contributed by atoms with Gasteiger partial charge in [-0.3, -0.25) is 14.3 Å². The summed E-state index contributed by atoms with van der Waals surface area (Å²) in [5, 5.41) is 7.25. The monoisotopic (exact) mass is 480 g/mol. The van der Waals surface area contributed by atoms with Gasteiger partial charge in [0.05, 0.1) is 10.6 Å². The summed E-state index contributed by atoms with van der Waals surface area (Å²) in [6.45, 7) is 5.48. The predicted molar refractivity (Wildman–Crippen MR) is 133 cm³/mol. The number of aromatic nitrogens is 2. The number of anilines is 2. The lowest BCUT2D eigenvalue weighted by Crippen LogP contribution is -2.30. The number of nitrogens with one attached hydrogen (secondary N) is 2. The Bertz CT molecular complexity index is 1410. The third kappa shape index (κ3) is 4.75. The van der Waals surface area contributed by atoms with Crippen LogP contribution in [0, 0.1) is 6.92 Å². The van der Waals surface area contributed by atoms with E-state index in [1.807, 2.05) is 13.0 Å². The molecular formula is C25H28N4O4S. The molecule has 9 heteroatoms. The average molecular weight is 481 g/mol. The number of carbonyl (C=O) groups is 1. The number of sulfonamides is 1. The van der Waals surface area contributed by atoms with Crippen LogP contribution in [-0.2, 0) is 34.2 Å². The molecule has 1 heterocycles. The van der Waals surface area contributed by atoms with E-state index in [2.05, 4.69) is 15.1 Å². The molecule has 34 heavy (non-hydrogen) atoms. The van der Waals surface area contributed by atoms with Crippen molar-refractivity contribution in [2.75, 3.05) is 10.0 Å². The van der Waals surface area contributed by atoms with Gasteiger partial charge in [0.2, 0.25) is 5.91 Å². The Hall–Kier alpha value is -3.46. The van der Waals surface area contributed by atoms with Crippen molar-refractivity contribution in [3.05, 3.63) is 69.5 Å². The summed E-state index contributed by atoms with van der Waals surface area (Å²) in [5.74, 6) is -0.203. The van der Waals surface area contributed by atoms with Gasteiger partial charge in [-0.1, -0.05) is 12.1 Å². The Morgan fingerprint density at radius 2 is 1.68 bits per heavy atom. The van der Waals surface area contributed by atoms with Gasteiger partial charge < -0.3 is 5.32 Å². The summed E-state index contributed by atoms with van der Waals surface area (Å²) >= 11 is 0. The first-order valence-corrected chi connectivity index (χ1v) is 12.8. The molecule has 1 aliphatic rings. The molecule has 2 N–H and O–H groups in total. The third-order valence-corrected chi connectivity index (χ3v) is 7.50. The van der Waals surface area contributed by atoms with E-state index < -0.39 is 10.0 Å². The Kier molecular flexibility index (Phi) is 6.56. The first kappa shape index (κ1) is 23.7. The topological polar surface area (TPSA) is 110 Å². The standard InChI is InChI=1S/C25H28N4O4S/c1-4-29-25(31)22-8-6-5-7-21(22)24(27-29)18-10-9-16(2)23(15-18)34(32,33)28-20-13-11-19(12-14-20)26-17(3)30/h9-15,28H,4-8H2,1-3H3,(H,26,30). The fourth-order valence-corrected chi connectivity index (χ4v) is 5.63. The van der Waals surface area contributed by atoms with E-state index >= 15 is 0 Å². The van der Waals surface area contributed by atoms with E-state index in [4.69, 9.17) is 0 Å². The number of aryl methyl sites for hydroxylation is 2. The lowest BCUT2D eigenvalue weighted by Gasteiger charge is -2.20. The Balaban J connectivity index is 1.73. The molecule has 2 aromatic carbocycles. The van der Waals surface area contributed by atoms with Crippen LogP contribution < -0.4 is 15.6 Å². The van der Waals surface area contributed by atoms with Crippen molar-refractivity contribution in [1.29, 1.82) is 0 Å². The number of amides is 1. The van der Waals surface area contributed by atoms with Crippen LogP contribution in [0.4, 0.5) is 11.4 Å². The van der Waals surface area contributed by atoms with E-state index in [1.165, 1.54) is 11.6 Å². The van der Waals surface area contributed by atoms with Crippen LogP contribution in [0.1, 0.15) is 43.4 Å². The molecule has 0 aliphatic heterocycles. The fourth-order valence-electron chi connectivity index (χ4n) is 4.30. The van der Waals surface area contributed by atoms with Crippen LogP contribution in [0.3, 0.4) is 0 Å². The summed E-state index contributed by atoms with van der Waals surface area (Å²) in [4.78, 5) is 24.1. The second kappa shape index (κ2) is 9.42. The molecule has 3 aromatic rings. The molecule has 0 fully saturated rings. The molecule has 0 spiro atoms. The van der Waals surface area contributed by atoms with Crippen molar-refractivity contribution < 1.29 is 13.2 Å². The van der Waals surface area contributed by atoms with Crippen molar-refractivity contribution in [3.8, 4) is 11.3 Å². The van der Waals surface area contributed by atoms with Gasteiger partial charge >= 0.3 is 0 Å². The zero-order chi connectivity index (χ0) is 24.5. The SMILES string of the molecule is CCn1nc(-c2ccc(C)c(S(=O)(=O)Nc3ccc(NC(C)=O)cc3)c2)c2c(c1=O)CCCC2. The first-order chi connectivity index (χ1) is 16.2. The van der Waals surface area contributed by atoms with E-state index in [1.54, 1.807) is 43.3 Å². The minimum absolute atomic E-state index is 0.0507. The van der Waals surface area contributed by atoms with Crippen LogP contribution in [0.25, 0.3) is 11.3 Å². The van der Waals surface area contributed by atoms with Crippen molar-refractivity contribution in [3.63, 3.8) is 0 Å². The van der Waals surface area contributed by atoms with E-state index in [0.717, 1.165) is 36.8 Å². The molecule has 178 valence electrons. The summed E-state index contributed by atoms with van der Waals surface area (Å²) in [6, 6.07) is 11.7. The van der Waals surface area contributed by atoms with Crippen molar-refractivity contribution in [1.82, 2.24) is 9.78 Å². The highest BCUT2D eigenvalue weighted by atomic mass is 32.2. The van der Waals surface area contributed by atoms with E-state index in [9.17, 15) is 18.0 Å². The molecule has 0 unspecified atom stereocenters. The van der Waals surface area contributed by atoms with Gasteiger partial charge in [0, 0.05) is 36.0 Å². The summed E-state index contributed by atoms with van der Waals surface area (Å²) < 4.78 is 30.6. The van der Waals surface area contributed by atoms with Crippen LogP contribution in [0.15, 0.2) is 52.2 Å². The quantitative estimate of drug-likeness (QED) is 0.556. The maximum atomic E-state index is 13.3. The van der Waals surface area contributed by atoms with Gasteiger partial charge in [0.25, 0.3) is 15.6 Å². The smallest absolute Gasteiger partial charge is 0.270 e. The highest BCUT2D eigenvalue weighted by Crippen LogP contribution is 2.31. The van der Waals surface area contributed by atoms with E-state index in [-0.39, 0.29) is 16.4 Å².